The smallest absolute Gasteiger partial charge is 0.340 e. The molecule has 0 aliphatic rings. The lowest BCUT2D eigenvalue weighted by Gasteiger charge is -2.11. The fourth-order valence-corrected chi connectivity index (χ4v) is 3.84. The Morgan fingerprint density at radius 2 is 2.10 bits per heavy atom. The lowest BCUT2D eigenvalue weighted by atomic mass is 10.1. The van der Waals surface area contributed by atoms with Crippen molar-refractivity contribution in [2.75, 3.05) is 7.11 Å². The summed E-state index contributed by atoms with van der Waals surface area (Å²) in [6.45, 7) is 0. The number of rotatable bonds is 3. The van der Waals surface area contributed by atoms with Crippen molar-refractivity contribution in [3.8, 4) is 11.3 Å². The number of hydrogen-bond acceptors (Lipinski definition) is 4. The van der Waals surface area contributed by atoms with E-state index in [1.807, 2.05) is 0 Å². The number of carbonyl (C=O) groups excluding carboxylic acids is 2. The predicted molar refractivity (Wildman–Crippen MR) is 81.3 cm³/mol. The van der Waals surface area contributed by atoms with Crippen LogP contribution >= 0.6 is 43.5 Å². The van der Waals surface area contributed by atoms with Gasteiger partial charge in [-0.25, -0.2) is 4.79 Å². The highest BCUT2D eigenvalue weighted by atomic mass is 79.9. The molecule has 0 unspecified atom stereocenters. The first-order valence-electron chi connectivity index (χ1n) is 5.30. The first-order valence-corrected chi connectivity index (χ1v) is 7.27. The van der Waals surface area contributed by atoms with Gasteiger partial charge in [-0.2, -0.15) is 0 Å². The van der Waals surface area contributed by atoms with Crippen LogP contribution in [0.4, 0.5) is 0 Å². The number of benzene rings is 1. The summed E-state index contributed by atoms with van der Waals surface area (Å²) in [6, 6.07) is 4.69. The molecule has 0 bridgehead atoms. The average molecular weight is 422 g/mol. The molecule has 2 aromatic rings. The quantitative estimate of drug-likeness (QED) is 0.530. The first kappa shape index (κ1) is 15.3. The second kappa shape index (κ2) is 6.11. The van der Waals surface area contributed by atoms with Crippen LogP contribution in [0.15, 0.2) is 31.6 Å². The van der Waals surface area contributed by atoms with Gasteiger partial charge in [-0.15, -0.1) is 0 Å². The maximum atomic E-state index is 11.8. The van der Waals surface area contributed by atoms with E-state index in [0.717, 1.165) is 0 Å². The van der Waals surface area contributed by atoms with Crippen LogP contribution in [0.5, 0.6) is 0 Å². The zero-order chi connectivity index (χ0) is 14.9. The highest BCUT2D eigenvalue weighted by Gasteiger charge is 2.23. The molecule has 0 N–H and O–H groups in total. The molecule has 104 valence electrons. The standard InChI is InChI=1S/C13H7Br2ClO4/c1-19-13(18)10-7(14)4-8(16)11(12(10)15)9-3-2-6(5-17)20-9/h2-5H,1H3. The van der Waals surface area contributed by atoms with Crippen LogP contribution in [0.3, 0.4) is 0 Å². The molecule has 7 heteroatoms. The molecule has 1 aromatic carbocycles. The van der Waals surface area contributed by atoms with Crippen LogP contribution in [0.25, 0.3) is 11.3 Å². The number of hydrogen-bond donors (Lipinski definition) is 0. The summed E-state index contributed by atoms with van der Waals surface area (Å²) in [7, 11) is 1.28. The fourth-order valence-electron chi connectivity index (χ4n) is 1.66. The minimum atomic E-state index is -0.524. The summed E-state index contributed by atoms with van der Waals surface area (Å²) in [5, 5.41) is 0.364. The largest absolute Gasteiger partial charge is 0.465 e. The maximum absolute atomic E-state index is 11.8. The Morgan fingerprint density at radius 1 is 1.40 bits per heavy atom. The van der Waals surface area contributed by atoms with E-state index in [9.17, 15) is 9.59 Å². The second-order valence-electron chi connectivity index (χ2n) is 3.72. The van der Waals surface area contributed by atoms with Gasteiger partial charge in [-0.05, 0) is 50.1 Å². The van der Waals surface area contributed by atoms with Crippen molar-refractivity contribution in [1.82, 2.24) is 0 Å². The molecule has 0 saturated carbocycles. The molecule has 1 aromatic heterocycles. The second-order valence-corrected chi connectivity index (χ2v) is 5.77. The highest BCUT2D eigenvalue weighted by molar-refractivity contribution is 9.11. The van der Waals surface area contributed by atoms with Gasteiger partial charge in [0, 0.05) is 8.95 Å². The Labute approximate surface area is 136 Å². The summed E-state index contributed by atoms with van der Waals surface area (Å²) < 4.78 is 11.0. The monoisotopic (exact) mass is 420 g/mol. The van der Waals surface area contributed by atoms with Gasteiger partial charge in [0.25, 0.3) is 0 Å². The van der Waals surface area contributed by atoms with Crippen molar-refractivity contribution in [2.24, 2.45) is 0 Å². The van der Waals surface area contributed by atoms with Crippen molar-refractivity contribution in [3.05, 3.63) is 43.5 Å². The Balaban J connectivity index is 2.69. The summed E-state index contributed by atoms with van der Waals surface area (Å²) in [6.07, 6.45) is 0.589. The summed E-state index contributed by atoms with van der Waals surface area (Å²) in [4.78, 5) is 22.5. The maximum Gasteiger partial charge on any atom is 0.340 e. The van der Waals surface area contributed by atoms with Crippen LogP contribution in [-0.2, 0) is 4.74 Å². The van der Waals surface area contributed by atoms with E-state index in [1.54, 1.807) is 12.1 Å². The van der Waals surface area contributed by atoms with Crippen molar-refractivity contribution < 1.29 is 18.7 Å². The van der Waals surface area contributed by atoms with Crippen LogP contribution < -0.4 is 0 Å². The minimum absolute atomic E-state index is 0.172. The van der Waals surface area contributed by atoms with Gasteiger partial charge in [0.05, 0.1) is 23.3 Å². The molecular formula is C13H7Br2ClO4. The van der Waals surface area contributed by atoms with Gasteiger partial charge >= 0.3 is 5.97 Å². The van der Waals surface area contributed by atoms with E-state index >= 15 is 0 Å². The SMILES string of the molecule is COC(=O)c1c(Br)cc(Cl)c(-c2ccc(C=O)o2)c1Br. The lowest BCUT2D eigenvalue weighted by Crippen LogP contribution is -2.04. The zero-order valence-corrected chi connectivity index (χ0v) is 14.0. The van der Waals surface area contributed by atoms with Crippen molar-refractivity contribution >= 4 is 55.7 Å². The number of methoxy groups -OCH3 is 1. The van der Waals surface area contributed by atoms with Gasteiger partial charge in [-0.1, -0.05) is 11.6 Å². The van der Waals surface area contributed by atoms with Gasteiger partial charge in [-0.3, -0.25) is 4.79 Å². The van der Waals surface area contributed by atoms with Crippen molar-refractivity contribution in [1.29, 1.82) is 0 Å². The number of halogens is 3. The molecule has 0 fully saturated rings. The van der Waals surface area contributed by atoms with Crippen molar-refractivity contribution in [2.45, 2.75) is 0 Å². The third-order valence-corrected chi connectivity index (χ3v) is 4.27. The third kappa shape index (κ3) is 2.68. The fraction of sp³-hybridized carbons (Fsp3) is 0.0769. The molecular weight excluding hydrogens is 415 g/mol. The Bertz CT molecular complexity index is 694. The molecule has 0 radical (unpaired) electrons. The average Bonchev–Trinajstić information content (AvgIpc) is 2.86. The molecule has 0 aliphatic carbocycles. The number of esters is 1. The summed E-state index contributed by atoms with van der Waals surface area (Å²) in [5.74, 6) is 0.0240. The number of carbonyl (C=O) groups is 2. The molecule has 2 rings (SSSR count). The van der Waals surface area contributed by atoms with Gasteiger partial charge in [0.1, 0.15) is 5.76 Å². The van der Waals surface area contributed by atoms with Crippen LogP contribution in [0.1, 0.15) is 20.9 Å². The Morgan fingerprint density at radius 3 is 2.65 bits per heavy atom. The normalized spacial score (nSPS) is 10.4. The van der Waals surface area contributed by atoms with Crippen LogP contribution in [-0.4, -0.2) is 19.4 Å². The van der Waals surface area contributed by atoms with Gasteiger partial charge in [0.15, 0.2) is 12.0 Å². The molecule has 0 atom stereocenters. The number of aldehydes is 1. The lowest BCUT2D eigenvalue weighted by molar-refractivity contribution is 0.0598. The van der Waals surface area contributed by atoms with E-state index in [0.29, 0.717) is 31.6 Å². The minimum Gasteiger partial charge on any atom is -0.465 e. The Hall–Kier alpha value is -1.11. The van der Waals surface area contributed by atoms with Gasteiger partial charge < -0.3 is 9.15 Å². The molecule has 0 aliphatic heterocycles. The number of ether oxygens (including phenoxy) is 1. The third-order valence-electron chi connectivity index (χ3n) is 2.55. The van der Waals surface area contributed by atoms with Gasteiger partial charge in [0.2, 0.25) is 0 Å². The predicted octanol–water partition coefficient (Wildman–Crippen LogP) is 4.72. The van der Waals surface area contributed by atoms with E-state index in [2.05, 4.69) is 31.9 Å². The molecule has 0 amide bonds. The topological polar surface area (TPSA) is 56.5 Å². The number of furan rings is 1. The Kier molecular flexibility index (Phi) is 4.67. The first-order chi connectivity index (χ1) is 9.49. The van der Waals surface area contributed by atoms with E-state index < -0.39 is 5.97 Å². The molecule has 1 heterocycles. The molecule has 4 nitrogen and oxygen atoms in total. The zero-order valence-electron chi connectivity index (χ0n) is 10.1. The van der Waals surface area contributed by atoms with E-state index in [-0.39, 0.29) is 11.3 Å². The molecule has 0 saturated heterocycles. The van der Waals surface area contributed by atoms with Crippen LogP contribution in [0.2, 0.25) is 5.02 Å². The molecule has 20 heavy (non-hydrogen) atoms. The summed E-state index contributed by atoms with van der Waals surface area (Å²) in [5.41, 5.74) is 0.763. The van der Waals surface area contributed by atoms with Crippen molar-refractivity contribution in [3.63, 3.8) is 0 Å². The highest BCUT2D eigenvalue weighted by Crippen LogP contribution is 2.41. The van der Waals surface area contributed by atoms with Crippen LogP contribution in [0, 0.1) is 0 Å². The summed E-state index contributed by atoms with van der Waals surface area (Å²) >= 11 is 12.8. The van der Waals surface area contributed by atoms with E-state index in [4.69, 9.17) is 20.8 Å². The molecule has 0 spiro atoms. The van der Waals surface area contributed by atoms with E-state index in [1.165, 1.54) is 13.2 Å².